The van der Waals surface area contributed by atoms with Crippen LogP contribution >= 0.6 is 0 Å². The summed E-state index contributed by atoms with van der Waals surface area (Å²) in [6.07, 6.45) is 3.84. The van der Waals surface area contributed by atoms with E-state index >= 15 is 0 Å². The molecule has 5 rings (SSSR count). The predicted molar refractivity (Wildman–Crippen MR) is 118 cm³/mol. The number of furan rings is 1. The summed E-state index contributed by atoms with van der Waals surface area (Å²) >= 11 is 0. The lowest BCUT2D eigenvalue weighted by atomic mass is 10.0. The minimum Gasteiger partial charge on any atom is -0.473 e. The van der Waals surface area contributed by atoms with Crippen LogP contribution in [-0.4, -0.2) is 49.7 Å². The van der Waals surface area contributed by atoms with E-state index in [1.807, 2.05) is 47.2 Å². The first-order chi connectivity index (χ1) is 15.4. The van der Waals surface area contributed by atoms with Gasteiger partial charge >= 0.3 is 17.6 Å². The van der Waals surface area contributed by atoms with Gasteiger partial charge in [-0.25, -0.2) is 14.4 Å². The number of benzene rings is 2. The molecule has 3 heterocycles. The molecule has 2 aromatic heterocycles. The molecule has 9 nitrogen and oxygen atoms in total. The number of carboxylic acid groups (broad SMARTS) is 2. The highest BCUT2D eigenvalue weighted by Gasteiger charge is 2.24. The number of carboxylic acids is 2. The lowest BCUT2D eigenvalue weighted by Crippen LogP contribution is -2.36. The summed E-state index contributed by atoms with van der Waals surface area (Å²) < 4.78 is 7.60. The van der Waals surface area contributed by atoms with Gasteiger partial charge in [0, 0.05) is 36.6 Å². The highest BCUT2D eigenvalue weighted by atomic mass is 16.4. The number of para-hydroxylation sites is 3. The fraction of sp³-hybridized carbons (Fsp3) is 0.261. The quantitative estimate of drug-likeness (QED) is 0.420. The van der Waals surface area contributed by atoms with Crippen molar-refractivity contribution in [1.29, 1.82) is 0 Å². The van der Waals surface area contributed by atoms with Gasteiger partial charge in [0.1, 0.15) is 5.58 Å². The molecule has 2 aromatic carbocycles. The van der Waals surface area contributed by atoms with E-state index in [-0.39, 0.29) is 11.7 Å². The largest absolute Gasteiger partial charge is 0.473 e. The zero-order valence-corrected chi connectivity index (χ0v) is 17.2. The molecule has 0 bridgehead atoms. The number of H-pyrrole nitrogens is 1. The molecule has 0 spiro atoms. The zero-order valence-electron chi connectivity index (χ0n) is 17.2. The van der Waals surface area contributed by atoms with Crippen LogP contribution in [0.5, 0.6) is 0 Å². The summed E-state index contributed by atoms with van der Waals surface area (Å²) in [6.45, 7) is 2.86. The molecule has 0 atom stereocenters. The van der Waals surface area contributed by atoms with Crippen LogP contribution in [0.1, 0.15) is 24.4 Å². The van der Waals surface area contributed by atoms with Crippen LogP contribution < -0.4 is 5.69 Å². The molecular formula is C23H23N3O6. The maximum Gasteiger partial charge on any atom is 0.414 e. The smallest absolute Gasteiger partial charge is 0.414 e. The molecule has 1 aliphatic rings. The number of likely N-dealkylation sites (tertiary alicyclic amines) is 1. The monoisotopic (exact) mass is 437 g/mol. The second kappa shape index (κ2) is 9.11. The van der Waals surface area contributed by atoms with E-state index in [1.54, 1.807) is 0 Å². The maximum atomic E-state index is 12.4. The number of imidazole rings is 1. The Hall–Kier alpha value is -3.85. The molecule has 1 fully saturated rings. The van der Waals surface area contributed by atoms with E-state index in [1.165, 1.54) is 10.9 Å². The minimum atomic E-state index is -1.82. The minimum absolute atomic E-state index is 0.00507. The van der Waals surface area contributed by atoms with Gasteiger partial charge in [-0.15, -0.1) is 0 Å². The molecule has 0 saturated carbocycles. The molecule has 0 amide bonds. The van der Waals surface area contributed by atoms with Crippen molar-refractivity contribution in [1.82, 2.24) is 14.5 Å². The van der Waals surface area contributed by atoms with Crippen LogP contribution in [0.4, 0.5) is 0 Å². The van der Waals surface area contributed by atoms with Crippen molar-refractivity contribution in [3.8, 4) is 0 Å². The third-order valence-corrected chi connectivity index (χ3v) is 5.68. The number of aromatic nitrogens is 2. The van der Waals surface area contributed by atoms with Gasteiger partial charge in [-0.1, -0.05) is 30.3 Å². The van der Waals surface area contributed by atoms with Gasteiger partial charge in [0.2, 0.25) is 0 Å². The van der Waals surface area contributed by atoms with Crippen molar-refractivity contribution < 1.29 is 24.2 Å². The fourth-order valence-electron chi connectivity index (χ4n) is 4.17. The topological polar surface area (TPSA) is 129 Å². The Morgan fingerprint density at radius 2 is 1.66 bits per heavy atom. The van der Waals surface area contributed by atoms with Crippen LogP contribution in [-0.2, 0) is 16.1 Å². The fourth-order valence-corrected chi connectivity index (χ4v) is 4.17. The van der Waals surface area contributed by atoms with Gasteiger partial charge in [0.25, 0.3) is 0 Å². The number of hydrogen-bond donors (Lipinski definition) is 3. The van der Waals surface area contributed by atoms with Gasteiger partial charge in [0.15, 0.2) is 0 Å². The number of nitrogens with one attached hydrogen (secondary N) is 1. The van der Waals surface area contributed by atoms with Crippen molar-refractivity contribution in [3.05, 3.63) is 70.8 Å². The first-order valence-corrected chi connectivity index (χ1v) is 10.3. The zero-order chi connectivity index (χ0) is 22.7. The Balaban J connectivity index is 0.000000363. The average molecular weight is 437 g/mol. The number of rotatable bonds is 3. The summed E-state index contributed by atoms with van der Waals surface area (Å²) in [7, 11) is 0. The third kappa shape index (κ3) is 4.42. The van der Waals surface area contributed by atoms with Gasteiger partial charge in [0.05, 0.1) is 17.3 Å². The summed E-state index contributed by atoms with van der Waals surface area (Å²) in [5.41, 5.74) is 4.12. The van der Waals surface area contributed by atoms with E-state index in [2.05, 4.69) is 22.0 Å². The molecule has 9 heteroatoms. The van der Waals surface area contributed by atoms with Crippen molar-refractivity contribution in [2.75, 3.05) is 13.1 Å². The second-order valence-electron chi connectivity index (χ2n) is 7.69. The first-order valence-electron chi connectivity index (χ1n) is 10.3. The predicted octanol–water partition coefficient (Wildman–Crippen LogP) is 3.07. The highest BCUT2D eigenvalue weighted by Crippen LogP contribution is 2.27. The highest BCUT2D eigenvalue weighted by molar-refractivity contribution is 6.27. The number of carbonyl (C=O) groups is 2. The van der Waals surface area contributed by atoms with Crippen molar-refractivity contribution >= 4 is 33.9 Å². The van der Waals surface area contributed by atoms with Crippen LogP contribution in [0.3, 0.4) is 0 Å². The maximum absolute atomic E-state index is 12.4. The summed E-state index contributed by atoms with van der Waals surface area (Å²) in [6, 6.07) is 16.4. The normalized spacial score (nSPS) is 14.9. The summed E-state index contributed by atoms with van der Waals surface area (Å²) in [4.78, 5) is 36.0. The number of nitrogens with zero attached hydrogens (tertiary/aromatic N) is 2. The molecular weight excluding hydrogens is 414 g/mol. The Labute approximate surface area is 182 Å². The van der Waals surface area contributed by atoms with Gasteiger partial charge < -0.3 is 19.6 Å². The molecule has 3 N–H and O–H groups in total. The summed E-state index contributed by atoms with van der Waals surface area (Å²) in [5.74, 6) is -3.65. The second-order valence-corrected chi connectivity index (χ2v) is 7.69. The van der Waals surface area contributed by atoms with Crippen LogP contribution in [0.25, 0.3) is 22.0 Å². The SMILES string of the molecule is O=C(O)C(=O)O.O=c1[nH]c2ccccc2n1C1CCN(Cc2coc3ccccc23)CC1. The van der Waals surface area contributed by atoms with Crippen molar-refractivity contribution in [3.63, 3.8) is 0 Å². The number of hydrogen-bond acceptors (Lipinski definition) is 5. The Bertz CT molecular complexity index is 1300. The molecule has 0 aliphatic carbocycles. The van der Waals surface area contributed by atoms with E-state index in [0.717, 1.165) is 49.1 Å². The molecule has 0 unspecified atom stereocenters. The van der Waals surface area contributed by atoms with E-state index in [9.17, 15) is 4.79 Å². The van der Waals surface area contributed by atoms with Crippen LogP contribution in [0, 0.1) is 0 Å². The number of aromatic amines is 1. The Morgan fingerprint density at radius 3 is 2.38 bits per heavy atom. The first kappa shape index (κ1) is 21.4. The molecule has 1 saturated heterocycles. The summed E-state index contributed by atoms with van der Waals surface area (Å²) in [5, 5.41) is 16.0. The van der Waals surface area contributed by atoms with E-state index < -0.39 is 11.9 Å². The lowest BCUT2D eigenvalue weighted by Gasteiger charge is -2.32. The Morgan fingerprint density at radius 1 is 1.00 bits per heavy atom. The molecule has 32 heavy (non-hydrogen) atoms. The number of piperidine rings is 1. The number of aliphatic carboxylic acids is 2. The number of fused-ring (bicyclic) bond motifs is 2. The molecule has 166 valence electrons. The van der Waals surface area contributed by atoms with Crippen LogP contribution in [0.15, 0.2) is 64.0 Å². The Kier molecular flexibility index (Phi) is 6.09. The third-order valence-electron chi connectivity index (χ3n) is 5.68. The molecule has 0 radical (unpaired) electrons. The molecule has 1 aliphatic heterocycles. The van der Waals surface area contributed by atoms with Crippen molar-refractivity contribution in [2.45, 2.75) is 25.4 Å². The van der Waals surface area contributed by atoms with Gasteiger partial charge in [-0.2, -0.15) is 0 Å². The standard InChI is InChI=1S/C21H21N3O2.C2H2O4/c25-21-22-18-6-2-3-7-19(18)24(21)16-9-11-23(12-10-16)13-15-14-26-20-8-4-1-5-17(15)20;3-1(4)2(5)6/h1-8,14,16H,9-13H2,(H,22,25);(H,3,4)(H,5,6). The van der Waals surface area contributed by atoms with Gasteiger partial charge in [-0.05, 0) is 31.0 Å². The average Bonchev–Trinajstić information content (AvgIpc) is 3.35. The van der Waals surface area contributed by atoms with E-state index in [4.69, 9.17) is 24.2 Å². The van der Waals surface area contributed by atoms with E-state index in [0.29, 0.717) is 0 Å². The van der Waals surface area contributed by atoms with Crippen molar-refractivity contribution in [2.24, 2.45) is 0 Å². The molecule has 4 aromatic rings. The van der Waals surface area contributed by atoms with Gasteiger partial charge in [-0.3, -0.25) is 9.47 Å². The van der Waals surface area contributed by atoms with Crippen LogP contribution in [0.2, 0.25) is 0 Å². The lowest BCUT2D eigenvalue weighted by molar-refractivity contribution is -0.159.